The Hall–Kier alpha value is -1.75. The number of hydrogen-bond acceptors (Lipinski definition) is 5. The number of rotatable bonds is 7. The van der Waals surface area contributed by atoms with Crippen LogP contribution in [0.4, 0.5) is 0 Å². The van der Waals surface area contributed by atoms with Crippen molar-refractivity contribution in [2.45, 2.75) is 26.2 Å². The molecule has 0 radical (unpaired) electrons. The molecule has 1 aliphatic rings. The lowest BCUT2D eigenvalue weighted by atomic mass is 9.76. The van der Waals surface area contributed by atoms with E-state index >= 15 is 0 Å². The summed E-state index contributed by atoms with van der Waals surface area (Å²) in [5, 5.41) is 3.29. The number of benzene rings is 1. The summed E-state index contributed by atoms with van der Waals surface area (Å²) < 4.78 is 16.4. The first-order valence-electron chi connectivity index (χ1n) is 7.85. The fourth-order valence-corrected chi connectivity index (χ4v) is 2.84. The lowest BCUT2D eigenvalue weighted by Gasteiger charge is -2.35. The fourth-order valence-electron chi connectivity index (χ4n) is 2.84. The van der Waals surface area contributed by atoms with Gasteiger partial charge in [0.05, 0.1) is 25.7 Å². The summed E-state index contributed by atoms with van der Waals surface area (Å²) in [7, 11) is 1.62. The monoisotopic (exact) mass is 307 g/mol. The number of piperidine rings is 1. The third-order valence-corrected chi connectivity index (χ3v) is 4.18. The molecule has 1 aliphatic heterocycles. The Morgan fingerprint density at radius 3 is 2.55 bits per heavy atom. The van der Waals surface area contributed by atoms with Crippen LogP contribution in [0, 0.1) is 5.41 Å². The fraction of sp³-hybridized carbons (Fsp3) is 0.588. The van der Waals surface area contributed by atoms with E-state index in [4.69, 9.17) is 14.2 Å². The SMILES string of the molecule is CCOC(=O)C1(CCOc2ccccc2OC)CCNCC1. The molecule has 5 heteroatoms. The van der Waals surface area contributed by atoms with Crippen LogP contribution in [0.15, 0.2) is 24.3 Å². The summed E-state index contributed by atoms with van der Waals surface area (Å²) in [5.74, 6) is 1.32. The molecule has 122 valence electrons. The molecule has 5 nitrogen and oxygen atoms in total. The van der Waals surface area contributed by atoms with Crippen molar-refractivity contribution in [3.05, 3.63) is 24.3 Å². The summed E-state index contributed by atoms with van der Waals surface area (Å²) in [6.45, 7) is 4.42. The number of ether oxygens (including phenoxy) is 3. The molecule has 0 spiro atoms. The number of para-hydroxylation sites is 2. The molecule has 0 aromatic heterocycles. The molecule has 1 heterocycles. The Bertz CT molecular complexity index is 483. The van der Waals surface area contributed by atoms with Gasteiger partial charge in [0.2, 0.25) is 0 Å². The molecule has 1 fully saturated rings. The number of methoxy groups -OCH3 is 1. The average molecular weight is 307 g/mol. The van der Waals surface area contributed by atoms with Gasteiger partial charge in [0, 0.05) is 0 Å². The van der Waals surface area contributed by atoms with Crippen molar-refractivity contribution in [1.82, 2.24) is 5.32 Å². The van der Waals surface area contributed by atoms with E-state index < -0.39 is 5.41 Å². The van der Waals surface area contributed by atoms with Gasteiger partial charge in [-0.05, 0) is 51.4 Å². The zero-order valence-corrected chi connectivity index (χ0v) is 13.4. The van der Waals surface area contributed by atoms with Gasteiger partial charge in [-0.2, -0.15) is 0 Å². The topological polar surface area (TPSA) is 56.8 Å². The highest BCUT2D eigenvalue weighted by Gasteiger charge is 2.40. The second kappa shape index (κ2) is 8.03. The third kappa shape index (κ3) is 3.91. The molecular formula is C17H25NO4. The predicted octanol–water partition coefficient (Wildman–Crippen LogP) is 2.40. The Morgan fingerprint density at radius 1 is 1.23 bits per heavy atom. The standard InChI is InChI=1S/C17H25NO4/c1-3-21-16(19)17(8-11-18-12-9-17)10-13-22-15-7-5-4-6-14(15)20-2/h4-7,18H,3,8-13H2,1-2H3. The minimum atomic E-state index is -0.427. The molecule has 2 rings (SSSR count). The van der Waals surface area contributed by atoms with E-state index in [2.05, 4.69) is 5.32 Å². The number of hydrogen-bond donors (Lipinski definition) is 1. The summed E-state index contributed by atoms with van der Waals surface area (Å²) >= 11 is 0. The molecule has 0 bridgehead atoms. The van der Waals surface area contributed by atoms with Gasteiger partial charge in [0.25, 0.3) is 0 Å². The molecule has 0 unspecified atom stereocenters. The van der Waals surface area contributed by atoms with Crippen LogP contribution in [0.25, 0.3) is 0 Å². The van der Waals surface area contributed by atoms with Gasteiger partial charge in [-0.25, -0.2) is 0 Å². The van der Waals surface area contributed by atoms with Crippen molar-refractivity contribution in [1.29, 1.82) is 0 Å². The van der Waals surface area contributed by atoms with Crippen LogP contribution in [-0.2, 0) is 9.53 Å². The normalized spacial score (nSPS) is 16.8. The first-order valence-corrected chi connectivity index (χ1v) is 7.85. The summed E-state index contributed by atoms with van der Waals surface area (Å²) in [6, 6.07) is 7.54. The van der Waals surface area contributed by atoms with Gasteiger partial charge in [-0.3, -0.25) is 4.79 Å². The van der Waals surface area contributed by atoms with Crippen molar-refractivity contribution in [3.8, 4) is 11.5 Å². The maximum Gasteiger partial charge on any atom is 0.312 e. The summed E-state index contributed by atoms with van der Waals surface area (Å²) in [4.78, 5) is 12.4. The largest absolute Gasteiger partial charge is 0.493 e. The van der Waals surface area contributed by atoms with E-state index in [0.717, 1.165) is 25.9 Å². The maximum absolute atomic E-state index is 12.4. The Kier molecular flexibility index (Phi) is 6.07. The molecule has 1 aromatic carbocycles. The zero-order chi connectivity index (χ0) is 15.8. The van der Waals surface area contributed by atoms with Crippen LogP contribution in [0.3, 0.4) is 0 Å². The predicted molar refractivity (Wildman–Crippen MR) is 84.3 cm³/mol. The van der Waals surface area contributed by atoms with Gasteiger partial charge in [0.1, 0.15) is 0 Å². The van der Waals surface area contributed by atoms with Crippen molar-refractivity contribution in [3.63, 3.8) is 0 Å². The molecule has 0 aliphatic carbocycles. The maximum atomic E-state index is 12.4. The lowest BCUT2D eigenvalue weighted by Crippen LogP contribution is -2.44. The van der Waals surface area contributed by atoms with Gasteiger partial charge in [-0.15, -0.1) is 0 Å². The summed E-state index contributed by atoms with van der Waals surface area (Å²) in [6.07, 6.45) is 2.24. The Morgan fingerprint density at radius 2 is 1.91 bits per heavy atom. The first-order chi connectivity index (χ1) is 10.7. The third-order valence-electron chi connectivity index (χ3n) is 4.18. The van der Waals surface area contributed by atoms with Crippen LogP contribution in [0.2, 0.25) is 0 Å². The van der Waals surface area contributed by atoms with Gasteiger partial charge in [0.15, 0.2) is 11.5 Å². The van der Waals surface area contributed by atoms with Gasteiger partial charge in [-0.1, -0.05) is 12.1 Å². The Labute approximate surface area is 131 Å². The van der Waals surface area contributed by atoms with Crippen molar-refractivity contribution < 1.29 is 19.0 Å². The first kappa shape index (κ1) is 16.6. The lowest BCUT2D eigenvalue weighted by molar-refractivity contribution is -0.158. The van der Waals surface area contributed by atoms with Crippen molar-refractivity contribution in [2.75, 3.05) is 33.4 Å². The molecule has 0 atom stereocenters. The summed E-state index contributed by atoms with van der Waals surface area (Å²) in [5.41, 5.74) is -0.427. The number of esters is 1. The van der Waals surface area contributed by atoms with Gasteiger partial charge >= 0.3 is 5.97 Å². The van der Waals surface area contributed by atoms with Crippen molar-refractivity contribution in [2.24, 2.45) is 5.41 Å². The van der Waals surface area contributed by atoms with E-state index in [1.165, 1.54) is 0 Å². The van der Waals surface area contributed by atoms with E-state index in [0.29, 0.717) is 31.1 Å². The van der Waals surface area contributed by atoms with Crippen LogP contribution in [0.1, 0.15) is 26.2 Å². The second-order valence-corrected chi connectivity index (χ2v) is 5.50. The van der Waals surface area contributed by atoms with Crippen LogP contribution < -0.4 is 14.8 Å². The van der Waals surface area contributed by atoms with E-state index in [1.807, 2.05) is 31.2 Å². The van der Waals surface area contributed by atoms with Crippen LogP contribution >= 0.6 is 0 Å². The quantitative estimate of drug-likeness (QED) is 0.784. The van der Waals surface area contributed by atoms with Gasteiger partial charge < -0.3 is 19.5 Å². The molecule has 1 saturated heterocycles. The van der Waals surface area contributed by atoms with Crippen LogP contribution in [0.5, 0.6) is 11.5 Å². The second-order valence-electron chi connectivity index (χ2n) is 5.50. The minimum Gasteiger partial charge on any atom is -0.493 e. The molecule has 1 aromatic rings. The van der Waals surface area contributed by atoms with Crippen molar-refractivity contribution >= 4 is 5.97 Å². The number of carbonyl (C=O) groups excluding carboxylic acids is 1. The molecule has 1 N–H and O–H groups in total. The highest BCUT2D eigenvalue weighted by Crippen LogP contribution is 2.35. The van der Waals surface area contributed by atoms with E-state index in [9.17, 15) is 4.79 Å². The average Bonchev–Trinajstić information content (AvgIpc) is 2.56. The highest BCUT2D eigenvalue weighted by atomic mass is 16.5. The number of carbonyl (C=O) groups is 1. The zero-order valence-electron chi connectivity index (χ0n) is 13.4. The molecular weight excluding hydrogens is 282 g/mol. The van der Waals surface area contributed by atoms with Crippen LogP contribution in [-0.4, -0.2) is 39.4 Å². The van der Waals surface area contributed by atoms with E-state index in [1.54, 1.807) is 7.11 Å². The molecule has 22 heavy (non-hydrogen) atoms. The molecule has 0 saturated carbocycles. The number of nitrogens with one attached hydrogen (secondary N) is 1. The van der Waals surface area contributed by atoms with E-state index in [-0.39, 0.29) is 5.97 Å². The molecule has 0 amide bonds. The highest BCUT2D eigenvalue weighted by molar-refractivity contribution is 5.77. The smallest absolute Gasteiger partial charge is 0.312 e. The Balaban J connectivity index is 1.98. The minimum absolute atomic E-state index is 0.0971.